The summed E-state index contributed by atoms with van der Waals surface area (Å²) in [6.07, 6.45) is -3.71. The smallest absolute Gasteiger partial charge is 0.417 e. The van der Waals surface area contributed by atoms with Gasteiger partial charge >= 0.3 is 6.18 Å². The number of carbonyl (C=O) groups is 2. The van der Waals surface area contributed by atoms with Crippen LogP contribution in [0.3, 0.4) is 0 Å². The Bertz CT molecular complexity index is 985. The van der Waals surface area contributed by atoms with Crippen molar-refractivity contribution in [2.24, 2.45) is 11.8 Å². The summed E-state index contributed by atoms with van der Waals surface area (Å²) < 4.78 is 51.6. The van der Waals surface area contributed by atoms with Crippen LogP contribution >= 0.6 is 0 Å². The molecule has 1 aromatic rings. The Kier molecular flexibility index (Phi) is 3.91. The van der Waals surface area contributed by atoms with Crippen molar-refractivity contribution < 1.29 is 32.2 Å². The van der Waals surface area contributed by atoms with E-state index in [4.69, 9.17) is 14.7 Å². The first-order chi connectivity index (χ1) is 13.5. The molecule has 2 amide bonds. The van der Waals surface area contributed by atoms with Gasteiger partial charge in [0.15, 0.2) is 0 Å². The lowest BCUT2D eigenvalue weighted by Crippen LogP contribution is -2.49. The Labute approximate surface area is 164 Å². The summed E-state index contributed by atoms with van der Waals surface area (Å²) in [6.45, 7) is 6.90. The molecule has 29 heavy (non-hydrogen) atoms. The van der Waals surface area contributed by atoms with E-state index in [2.05, 4.69) is 6.58 Å². The molecule has 0 saturated carbocycles. The summed E-state index contributed by atoms with van der Waals surface area (Å²) in [7, 11) is 0. The third-order valence-corrected chi connectivity index (χ3v) is 6.21. The van der Waals surface area contributed by atoms with Crippen LogP contribution in [-0.2, 0) is 25.2 Å². The van der Waals surface area contributed by atoms with E-state index in [1.54, 1.807) is 13.8 Å². The molecular weight excluding hydrogens is 389 g/mol. The summed E-state index contributed by atoms with van der Waals surface area (Å²) >= 11 is 0. The van der Waals surface area contributed by atoms with Gasteiger partial charge < -0.3 is 9.47 Å². The highest BCUT2D eigenvalue weighted by atomic mass is 19.4. The minimum absolute atomic E-state index is 0.214. The quantitative estimate of drug-likeness (QED) is 0.569. The van der Waals surface area contributed by atoms with Crippen molar-refractivity contribution in [1.82, 2.24) is 0 Å². The van der Waals surface area contributed by atoms with E-state index in [-0.39, 0.29) is 5.69 Å². The fourth-order valence-corrected chi connectivity index (χ4v) is 5.05. The van der Waals surface area contributed by atoms with Gasteiger partial charge in [0.2, 0.25) is 11.8 Å². The highest BCUT2D eigenvalue weighted by Crippen LogP contribution is 2.61. The lowest BCUT2D eigenvalue weighted by atomic mass is 9.67. The van der Waals surface area contributed by atoms with Crippen LogP contribution in [0.25, 0.3) is 0 Å². The number of fused-ring (bicyclic) bond motifs is 5. The molecule has 5 atom stereocenters. The van der Waals surface area contributed by atoms with Crippen LogP contribution in [0.5, 0.6) is 0 Å². The van der Waals surface area contributed by atoms with Crippen LogP contribution in [0.2, 0.25) is 0 Å². The first-order valence-corrected chi connectivity index (χ1v) is 8.93. The largest absolute Gasteiger partial charge is 0.496 e. The average Bonchev–Trinajstić information content (AvgIpc) is 3.15. The first-order valence-electron chi connectivity index (χ1n) is 8.93. The Balaban J connectivity index is 1.78. The third-order valence-electron chi connectivity index (χ3n) is 6.21. The van der Waals surface area contributed by atoms with Crippen LogP contribution in [-0.4, -0.2) is 29.1 Å². The number of rotatable bonds is 3. The molecule has 3 heterocycles. The molecule has 0 spiro atoms. The van der Waals surface area contributed by atoms with Gasteiger partial charge in [0.1, 0.15) is 11.7 Å². The van der Waals surface area contributed by atoms with Crippen molar-refractivity contribution >= 4 is 17.5 Å². The zero-order valence-corrected chi connectivity index (χ0v) is 15.6. The Morgan fingerprint density at radius 3 is 2.55 bits per heavy atom. The standard InChI is InChI=1S/C20H17F3N2O4/c1-4-28-13-8-18(2)14-15(19(13,3)29-18)17(27)25(16(14)26)11-6-5-10(9-24)12(7-11)20(21,22)23/h4-7,13-15H,1,8H2,2-3H3/t13-,14+,15-,18?,19?/m0/s1. The number of halogens is 3. The van der Waals surface area contributed by atoms with E-state index in [0.717, 1.165) is 11.0 Å². The van der Waals surface area contributed by atoms with Crippen molar-refractivity contribution in [3.8, 4) is 6.07 Å². The minimum Gasteiger partial charge on any atom is -0.496 e. The molecule has 3 saturated heterocycles. The molecule has 4 rings (SSSR count). The normalized spacial score (nSPS) is 35.6. The summed E-state index contributed by atoms with van der Waals surface area (Å²) in [5.41, 5.74) is -4.07. The lowest BCUT2D eigenvalue weighted by Gasteiger charge is -2.34. The monoisotopic (exact) mass is 406 g/mol. The second-order valence-corrected chi connectivity index (χ2v) is 7.90. The Morgan fingerprint density at radius 1 is 1.31 bits per heavy atom. The number of nitrogens with zero attached hydrogens (tertiary/aromatic N) is 2. The number of imide groups is 1. The molecule has 0 aromatic heterocycles. The van der Waals surface area contributed by atoms with Crippen LogP contribution in [0, 0.1) is 23.2 Å². The summed E-state index contributed by atoms with van der Waals surface area (Å²) in [5.74, 6) is -2.96. The fourth-order valence-electron chi connectivity index (χ4n) is 5.05. The van der Waals surface area contributed by atoms with Crippen LogP contribution < -0.4 is 4.90 Å². The maximum Gasteiger partial charge on any atom is 0.417 e. The summed E-state index contributed by atoms with van der Waals surface area (Å²) in [4.78, 5) is 27.1. The molecule has 2 bridgehead atoms. The second-order valence-electron chi connectivity index (χ2n) is 7.90. The third kappa shape index (κ3) is 2.45. The molecule has 0 N–H and O–H groups in total. The molecule has 3 aliphatic rings. The number of hydrogen-bond acceptors (Lipinski definition) is 5. The molecule has 2 unspecified atom stereocenters. The number of ether oxygens (including phenoxy) is 2. The van der Waals surface area contributed by atoms with Crippen LogP contribution in [0.4, 0.5) is 18.9 Å². The van der Waals surface area contributed by atoms with Crippen LogP contribution in [0.15, 0.2) is 31.0 Å². The van der Waals surface area contributed by atoms with E-state index in [0.29, 0.717) is 12.5 Å². The number of amides is 2. The van der Waals surface area contributed by atoms with Gasteiger partial charge in [0.05, 0.1) is 46.6 Å². The minimum atomic E-state index is -4.80. The molecule has 3 aliphatic heterocycles. The van der Waals surface area contributed by atoms with Gasteiger partial charge in [-0.25, -0.2) is 4.90 Å². The fraction of sp³-hybridized carbons (Fsp3) is 0.450. The zero-order valence-electron chi connectivity index (χ0n) is 15.6. The van der Waals surface area contributed by atoms with E-state index < -0.39 is 58.3 Å². The van der Waals surface area contributed by atoms with Gasteiger partial charge in [0, 0.05) is 6.42 Å². The zero-order chi connectivity index (χ0) is 21.4. The van der Waals surface area contributed by atoms with E-state index in [9.17, 15) is 22.8 Å². The van der Waals surface area contributed by atoms with Crippen molar-refractivity contribution in [3.63, 3.8) is 0 Å². The molecule has 0 radical (unpaired) electrons. The molecule has 3 fully saturated rings. The number of benzene rings is 1. The van der Waals surface area contributed by atoms with E-state index in [1.165, 1.54) is 18.4 Å². The van der Waals surface area contributed by atoms with Gasteiger partial charge in [-0.2, -0.15) is 18.4 Å². The lowest BCUT2D eigenvalue weighted by molar-refractivity contribution is -0.138. The molecular formula is C20H17F3N2O4. The predicted octanol–water partition coefficient (Wildman–Crippen LogP) is 3.16. The maximum atomic E-state index is 13.3. The number of carbonyl (C=O) groups excluding carboxylic acids is 2. The van der Waals surface area contributed by atoms with E-state index in [1.807, 2.05) is 0 Å². The summed E-state index contributed by atoms with van der Waals surface area (Å²) in [5, 5.41) is 8.96. The molecule has 6 nitrogen and oxygen atoms in total. The molecule has 0 aliphatic carbocycles. The summed E-state index contributed by atoms with van der Waals surface area (Å²) in [6, 6.07) is 4.29. The van der Waals surface area contributed by atoms with Gasteiger partial charge in [-0.05, 0) is 32.0 Å². The van der Waals surface area contributed by atoms with Crippen molar-refractivity contribution in [3.05, 3.63) is 42.2 Å². The van der Waals surface area contributed by atoms with Crippen molar-refractivity contribution in [2.45, 2.75) is 43.8 Å². The first kappa shape index (κ1) is 19.5. The van der Waals surface area contributed by atoms with Gasteiger partial charge in [0.25, 0.3) is 0 Å². The topological polar surface area (TPSA) is 79.6 Å². The van der Waals surface area contributed by atoms with Gasteiger partial charge in [-0.15, -0.1) is 0 Å². The predicted molar refractivity (Wildman–Crippen MR) is 93.2 cm³/mol. The number of alkyl halides is 3. The van der Waals surface area contributed by atoms with Gasteiger partial charge in [-0.1, -0.05) is 6.58 Å². The molecule has 152 valence electrons. The van der Waals surface area contributed by atoms with E-state index >= 15 is 0 Å². The maximum absolute atomic E-state index is 13.3. The number of nitriles is 1. The number of hydrogen-bond donors (Lipinski definition) is 0. The van der Waals surface area contributed by atoms with Gasteiger partial charge in [-0.3, -0.25) is 9.59 Å². The highest BCUT2D eigenvalue weighted by molar-refractivity contribution is 6.23. The van der Waals surface area contributed by atoms with Crippen LogP contribution in [0.1, 0.15) is 31.4 Å². The average molecular weight is 406 g/mol. The Hall–Kier alpha value is -2.86. The highest BCUT2D eigenvalue weighted by Gasteiger charge is 2.76. The Morgan fingerprint density at radius 2 is 1.97 bits per heavy atom. The number of anilines is 1. The second kappa shape index (κ2) is 5.83. The molecule has 9 heteroatoms. The molecule has 1 aromatic carbocycles. The van der Waals surface area contributed by atoms with Crippen molar-refractivity contribution in [1.29, 1.82) is 5.26 Å². The SMILES string of the molecule is C=CO[C@H]1CC2(C)OC1(C)[C@@H]1C(=O)N(c3ccc(C#N)c(C(F)(F)F)c3)C(=O)[C@@H]12. The van der Waals surface area contributed by atoms with Crippen molar-refractivity contribution in [2.75, 3.05) is 4.90 Å².